The van der Waals surface area contributed by atoms with Crippen LogP contribution in [0.25, 0.3) is 10.9 Å². The Balaban J connectivity index is 2.24. The van der Waals surface area contributed by atoms with E-state index in [9.17, 15) is 0 Å². The topological polar surface area (TPSA) is 37.0 Å². The lowest BCUT2D eigenvalue weighted by Gasteiger charge is -2.20. The average Bonchev–Trinajstić information content (AvgIpc) is 2.67. The first-order valence-corrected chi connectivity index (χ1v) is 6.10. The minimum atomic E-state index is 0.553. The molecule has 1 unspecified atom stereocenters. The Bertz CT molecular complexity index is 571. The van der Waals surface area contributed by atoms with Gasteiger partial charge in [0.25, 0.3) is 0 Å². The fraction of sp³-hybridized carbons (Fsp3) is 0.429. The minimum absolute atomic E-state index is 0.553. The third kappa shape index (κ3) is 1.62. The predicted octanol–water partition coefficient (Wildman–Crippen LogP) is 2.52. The fourth-order valence-corrected chi connectivity index (χ4v) is 2.70. The van der Waals surface area contributed by atoms with Gasteiger partial charge in [-0.3, -0.25) is 0 Å². The number of H-pyrrole nitrogens is 1. The summed E-state index contributed by atoms with van der Waals surface area (Å²) < 4.78 is 5.35. The average molecular weight is 230 g/mol. The van der Waals surface area contributed by atoms with Crippen LogP contribution in [0.2, 0.25) is 0 Å². The van der Waals surface area contributed by atoms with Gasteiger partial charge in [0.05, 0.1) is 7.11 Å². The molecule has 0 aliphatic carbocycles. The van der Waals surface area contributed by atoms with E-state index < -0.39 is 0 Å². The first-order valence-electron chi connectivity index (χ1n) is 6.10. The molecule has 0 radical (unpaired) electrons. The molecule has 2 heterocycles. The number of nitrogens with one attached hydrogen (secondary N) is 2. The number of fused-ring (bicyclic) bond motifs is 3. The van der Waals surface area contributed by atoms with Gasteiger partial charge < -0.3 is 15.0 Å². The summed E-state index contributed by atoms with van der Waals surface area (Å²) in [6.45, 7) is 5.30. The van der Waals surface area contributed by atoms with E-state index in [1.165, 1.54) is 27.7 Å². The summed E-state index contributed by atoms with van der Waals surface area (Å²) in [6, 6.07) is 4.77. The van der Waals surface area contributed by atoms with Crippen LogP contribution < -0.4 is 10.1 Å². The maximum absolute atomic E-state index is 5.35. The molecule has 3 rings (SSSR count). The maximum Gasteiger partial charge on any atom is 0.119 e. The standard InChI is InChI=1S/C14H18N2O/c1-8-4-10(17-3)6-11-12-7-15-9(2)5-13(12)16-14(8)11/h4,6,9,15-16H,5,7H2,1-3H3. The summed E-state index contributed by atoms with van der Waals surface area (Å²) in [5, 5.41) is 4.81. The van der Waals surface area contributed by atoms with Crippen molar-refractivity contribution >= 4 is 10.9 Å². The highest BCUT2D eigenvalue weighted by Crippen LogP contribution is 2.31. The number of hydrogen-bond acceptors (Lipinski definition) is 2. The molecule has 0 fully saturated rings. The summed E-state index contributed by atoms with van der Waals surface area (Å²) in [5.41, 5.74) is 5.29. The van der Waals surface area contributed by atoms with E-state index >= 15 is 0 Å². The van der Waals surface area contributed by atoms with E-state index in [1.54, 1.807) is 7.11 Å². The predicted molar refractivity (Wildman–Crippen MR) is 69.6 cm³/mol. The molecule has 1 aliphatic rings. The number of aromatic nitrogens is 1. The second-order valence-corrected chi connectivity index (χ2v) is 4.94. The molecule has 1 aliphatic heterocycles. The molecule has 0 saturated carbocycles. The van der Waals surface area contributed by atoms with Gasteiger partial charge in [0.1, 0.15) is 5.75 Å². The number of rotatable bonds is 1. The Kier molecular flexibility index (Phi) is 2.37. The largest absolute Gasteiger partial charge is 0.497 e. The highest BCUT2D eigenvalue weighted by atomic mass is 16.5. The number of hydrogen-bond donors (Lipinski definition) is 2. The zero-order valence-electron chi connectivity index (χ0n) is 10.6. The Morgan fingerprint density at radius 1 is 1.35 bits per heavy atom. The molecule has 3 heteroatoms. The summed E-state index contributed by atoms with van der Waals surface area (Å²) in [6.07, 6.45) is 1.08. The minimum Gasteiger partial charge on any atom is -0.497 e. The SMILES string of the molecule is COc1cc(C)c2[nH]c3c(c2c1)CNC(C)C3. The molecule has 3 nitrogen and oxygen atoms in total. The van der Waals surface area contributed by atoms with Crippen molar-refractivity contribution in [1.29, 1.82) is 0 Å². The van der Waals surface area contributed by atoms with Crippen LogP contribution in [0.4, 0.5) is 0 Å². The van der Waals surface area contributed by atoms with Gasteiger partial charge in [-0.15, -0.1) is 0 Å². The number of benzene rings is 1. The van der Waals surface area contributed by atoms with E-state index in [0.717, 1.165) is 18.7 Å². The third-order valence-corrected chi connectivity index (χ3v) is 3.65. The molecule has 1 atom stereocenters. The van der Waals surface area contributed by atoms with Crippen molar-refractivity contribution in [3.8, 4) is 5.75 Å². The molecule has 0 saturated heterocycles. The van der Waals surface area contributed by atoms with Gasteiger partial charge in [0.2, 0.25) is 0 Å². The van der Waals surface area contributed by atoms with Gasteiger partial charge in [-0.2, -0.15) is 0 Å². The Hall–Kier alpha value is -1.48. The highest BCUT2D eigenvalue weighted by molar-refractivity contribution is 5.89. The van der Waals surface area contributed by atoms with Crippen molar-refractivity contribution in [2.75, 3.05) is 7.11 Å². The lowest BCUT2D eigenvalue weighted by Crippen LogP contribution is -2.32. The van der Waals surface area contributed by atoms with Crippen LogP contribution in [-0.4, -0.2) is 18.1 Å². The van der Waals surface area contributed by atoms with Crippen LogP contribution >= 0.6 is 0 Å². The van der Waals surface area contributed by atoms with Gasteiger partial charge in [-0.25, -0.2) is 0 Å². The molecule has 2 aromatic rings. The second kappa shape index (κ2) is 3.77. The lowest BCUT2D eigenvalue weighted by molar-refractivity contribution is 0.415. The van der Waals surface area contributed by atoms with Crippen LogP contribution in [0.5, 0.6) is 5.75 Å². The van der Waals surface area contributed by atoms with E-state index in [-0.39, 0.29) is 0 Å². The van der Waals surface area contributed by atoms with E-state index in [1.807, 2.05) is 0 Å². The Morgan fingerprint density at radius 3 is 2.94 bits per heavy atom. The highest BCUT2D eigenvalue weighted by Gasteiger charge is 2.20. The normalized spacial score (nSPS) is 19.4. The van der Waals surface area contributed by atoms with Gasteiger partial charge >= 0.3 is 0 Å². The van der Waals surface area contributed by atoms with Gasteiger partial charge in [0, 0.05) is 35.6 Å². The maximum atomic E-state index is 5.35. The van der Waals surface area contributed by atoms with Crippen molar-refractivity contribution < 1.29 is 4.74 Å². The van der Waals surface area contributed by atoms with Crippen molar-refractivity contribution in [1.82, 2.24) is 10.3 Å². The molecule has 17 heavy (non-hydrogen) atoms. The molecule has 1 aromatic carbocycles. The Labute approximate surface area is 101 Å². The van der Waals surface area contributed by atoms with Crippen molar-refractivity contribution in [3.63, 3.8) is 0 Å². The smallest absolute Gasteiger partial charge is 0.119 e. The van der Waals surface area contributed by atoms with Gasteiger partial charge in [-0.1, -0.05) is 0 Å². The zero-order valence-corrected chi connectivity index (χ0v) is 10.6. The molecule has 1 aromatic heterocycles. The van der Waals surface area contributed by atoms with Crippen molar-refractivity contribution in [2.45, 2.75) is 32.9 Å². The third-order valence-electron chi connectivity index (χ3n) is 3.65. The fourth-order valence-electron chi connectivity index (χ4n) is 2.70. The summed E-state index contributed by atoms with van der Waals surface area (Å²) >= 11 is 0. The van der Waals surface area contributed by atoms with Crippen molar-refractivity contribution in [2.24, 2.45) is 0 Å². The van der Waals surface area contributed by atoms with Gasteiger partial charge in [0.15, 0.2) is 0 Å². The van der Waals surface area contributed by atoms with Gasteiger partial charge in [-0.05, 0) is 37.1 Å². The van der Waals surface area contributed by atoms with Crippen LogP contribution in [0, 0.1) is 6.92 Å². The molecular weight excluding hydrogens is 212 g/mol. The first kappa shape index (κ1) is 10.7. The molecule has 2 N–H and O–H groups in total. The zero-order chi connectivity index (χ0) is 12.0. The molecule has 0 bridgehead atoms. The first-order chi connectivity index (χ1) is 8.19. The van der Waals surface area contributed by atoms with Crippen LogP contribution in [0.1, 0.15) is 23.7 Å². The summed E-state index contributed by atoms with van der Waals surface area (Å²) in [7, 11) is 1.72. The quantitative estimate of drug-likeness (QED) is 0.790. The van der Waals surface area contributed by atoms with Crippen LogP contribution in [0.15, 0.2) is 12.1 Å². The monoisotopic (exact) mass is 230 g/mol. The second-order valence-electron chi connectivity index (χ2n) is 4.94. The number of aryl methyl sites for hydroxylation is 1. The molecule has 90 valence electrons. The van der Waals surface area contributed by atoms with Crippen LogP contribution in [-0.2, 0) is 13.0 Å². The summed E-state index contributed by atoms with van der Waals surface area (Å²) in [4.78, 5) is 3.57. The van der Waals surface area contributed by atoms with E-state index in [4.69, 9.17) is 4.74 Å². The molecule has 0 spiro atoms. The van der Waals surface area contributed by atoms with Crippen molar-refractivity contribution in [3.05, 3.63) is 29.0 Å². The van der Waals surface area contributed by atoms with Crippen LogP contribution in [0.3, 0.4) is 0 Å². The van der Waals surface area contributed by atoms with E-state index in [2.05, 4.69) is 36.3 Å². The number of aromatic amines is 1. The number of methoxy groups -OCH3 is 1. The lowest BCUT2D eigenvalue weighted by atomic mass is 10.0. The molecular formula is C14H18N2O. The molecule has 0 amide bonds. The summed E-state index contributed by atoms with van der Waals surface area (Å²) in [5.74, 6) is 0.940. The Morgan fingerprint density at radius 2 is 2.18 bits per heavy atom. The number of ether oxygens (including phenoxy) is 1. The van der Waals surface area contributed by atoms with E-state index in [0.29, 0.717) is 6.04 Å².